The summed E-state index contributed by atoms with van der Waals surface area (Å²) in [6.45, 7) is 2.69. The first-order valence-electron chi connectivity index (χ1n) is 8.23. The number of carboxylic acid groups (broad SMARTS) is 1. The molecule has 1 aliphatic heterocycles. The molecule has 0 aliphatic carbocycles. The van der Waals surface area contributed by atoms with E-state index in [9.17, 15) is 9.59 Å². The number of nitrogens with one attached hydrogen (secondary N) is 1. The first kappa shape index (κ1) is 17.1. The van der Waals surface area contributed by atoms with E-state index < -0.39 is 5.97 Å². The van der Waals surface area contributed by atoms with Crippen molar-refractivity contribution in [3.8, 4) is 0 Å². The number of nitrogens with zero attached hydrogens (tertiary/aromatic N) is 1. The molecule has 25 heavy (non-hydrogen) atoms. The zero-order valence-electron chi connectivity index (χ0n) is 13.9. The van der Waals surface area contributed by atoms with Crippen LogP contribution in [0.3, 0.4) is 0 Å². The molecule has 0 radical (unpaired) electrons. The Morgan fingerprint density at radius 1 is 1.20 bits per heavy atom. The number of amides is 1. The number of aromatic nitrogens is 1. The van der Waals surface area contributed by atoms with E-state index in [0.29, 0.717) is 12.2 Å². The molecule has 1 aromatic carbocycles. The first-order valence-corrected chi connectivity index (χ1v) is 8.23. The summed E-state index contributed by atoms with van der Waals surface area (Å²) < 4.78 is 5.90. The van der Waals surface area contributed by atoms with Crippen LogP contribution < -0.4 is 5.32 Å². The second kappa shape index (κ2) is 7.44. The van der Waals surface area contributed by atoms with Gasteiger partial charge in [0.2, 0.25) is 0 Å². The fourth-order valence-electron chi connectivity index (χ4n) is 2.92. The highest BCUT2D eigenvalue weighted by atomic mass is 16.5. The minimum absolute atomic E-state index is 0.0879. The SMILES string of the molecule is Cc1ccc([C@@H]2OCCC[C@H]2NC(=O)c2ccc(C(=O)O)nc2)cc1. The average molecular weight is 340 g/mol. The predicted molar refractivity (Wildman–Crippen MR) is 91.6 cm³/mol. The topological polar surface area (TPSA) is 88.5 Å². The van der Waals surface area contributed by atoms with Crippen molar-refractivity contribution < 1.29 is 19.4 Å². The predicted octanol–water partition coefficient (Wildman–Crippen LogP) is 2.74. The van der Waals surface area contributed by atoms with Crippen molar-refractivity contribution in [1.82, 2.24) is 10.3 Å². The van der Waals surface area contributed by atoms with Gasteiger partial charge >= 0.3 is 5.97 Å². The van der Waals surface area contributed by atoms with E-state index in [4.69, 9.17) is 9.84 Å². The van der Waals surface area contributed by atoms with Crippen LogP contribution in [0.2, 0.25) is 0 Å². The Balaban J connectivity index is 1.73. The molecule has 2 heterocycles. The number of carbonyl (C=O) groups is 2. The highest BCUT2D eigenvalue weighted by Crippen LogP contribution is 2.28. The molecule has 2 aromatic rings. The van der Waals surface area contributed by atoms with Crippen LogP contribution in [0.25, 0.3) is 0 Å². The maximum atomic E-state index is 12.5. The first-order chi connectivity index (χ1) is 12.0. The summed E-state index contributed by atoms with van der Waals surface area (Å²) in [6.07, 6.45) is 2.79. The summed E-state index contributed by atoms with van der Waals surface area (Å²) >= 11 is 0. The lowest BCUT2D eigenvalue weighted by molar-refractivity contribution is -0.00946. The van der Waals surface area contributed by atoms with Crippen LogP contribution in [0.5, 0.6) is 0 Å². The van der Waals surface area contributed by atoms with Gasteiger partial charge in [0.25, 0.3) is 5.91 Å². The van der Waals surface area contributed by atoms with Crippen LogP contribution in [0, 0.1) is 6.92 Å². The summed E-state index contributed by atoms with van der Waals surface area (Å²) in [4.78, 5) is 27.1. The summed E-state index contributed by atoms with van der Waals surface area (Å²) in [6, 6.07) is 10.8. The van der Waals surface area contributed by atoms with E-state index in [1.54, 1.807) is 0 Å². The van der Waals surface area contributed by atoms with Crippen molar-refractivity contribution >= 4 is 11.9 Å². The highest BCUT2D eigenvalue weighted by Gasteiger charge is 2.29. The molecule has 6 nitrogen and oxygen atoms in total. The van der Waals surface area contributed by atoms with Gasteiger partial charge in [-0.2, -0.15) is 0 Å². The molecule has 6 heteroatoms. The summed E-state index contributed by atoms with van der Waals surface area (Å²) in [7, 11) is 0. The number of rotatable bonds is 4. The number of carbonyl (C=O) groups excluding carboxylic acids is 1. The number of carboxylic acids is 1. The van der Waals surface area contributed by atoms with Gasteiger partial charge in [-0.05, 0) is 37.5 Å². The van der Waals surface area contributed by atoms with Crippen LogP contribution >= 0.6 is 0 Å². The molecule has 1 amide bonds. The minimum atomic E-state index is -1.12. The molecule has 2 N–H and O–H groups in total. The van der Waals surface area contributed by atoms with Crippen molar-refractivity contribution in [3.63, 3.8) is 0 Å². The quantitative estimate of drug-likeness (QED) is 0.893. The number of aromatic carboxylic acids is 1. The molecule has 0 saturated carbocycles. The van der Waals surface area contributed by atoms with Crippen molar-refractivity contribution in [2.45, 2.75) is 31.9 Å². The van der Waals surface area contributed by atoms with Gasteiger partial charge in [-0.1, -0.05) is 29.8 Å². The molecular formula is C19H20N2O4. The normalized spacial score (nSPS) is 20.0. The van der Waals surface area contributed by atoms with Crippen molar-refractivity contribution in [2.24, 2.45) is 0 Å². The summed E-state index contributed by atoms with van der Waals surface area (Å²) in [5.74, 6) is -1.40. The molecule has 2 atom stereocenters. The summed E-state index contributed by atoms with van der Waals surface area (Å²) in [5.41, 5.74) is 2.45. The molecule has 0 bridgehead atoms. The van der Waals surface area contributed by atoms with E-state index in [-0.39, 0.29) is 23.7 Å². The average Bonchev–Trinajstić information content (AvgIpc) is 2.63. The van der Waals surface area contributed by atoms with E-state index in [0.717, 1.165) is 18.4 Å². The van der Waals surface area contributed by atoms with Gasteiger partial charge in [0, 0.05) is 12.8 Å². The van der Waals surface area contributed by atoms with Crippen LogP contribution in [-0.2, 0) is 4.74 Å². The summed E-state index contributed by atoms with van der Waals surface area (Å²) in [5, 5.41) is 11.9. The number of benzene rings is 1. The van der Waals surface area contributed by atoms with Crippen molar-refractivity contribution in [1.29, 1.82) is 0 Å². The lowest BCUT2D eigenvalue weighted by Gasteiger charge is -2.32. The maximum absolute atomic E-state index is 12.5. The third-order valence-corrected chi connectivity index (χ3v) is 4.29. The largest absolute Gasteiger partial charge is 0.477 e. The number of aryl methyl sites for hydroxylation is 1. The van der Waals surface area contributed by atoms with Gasteiger partial charge in [0.05, 0.1) is 11.6 Å². The molecule has 0 spiro atoms. The van der Waals surface area contributed by atoms with Crippen LogP contribution in [0.4, 0.5) is 0 Å². The van der Waals surface area contributed by atoms with Gasteiger partial charge in [0.1, 0.15) is 11.8 Å². The highest BCUT2D eigenvalue weighted by molar-refractivity contribution is 5.95. The second-order valence-electron chi connectivity index (χ2n) is 6.16. The molecule has 3 rings (SSSR count). The zero-order valence-corrected chi connectivity index (χ0v) is 13.9. The molecule has 130 valence electrons. The van der Waals surface area contributed by atoms with Gasteiger partial charge in [0.15, 0.2) is 0 Å². The molecule has 1 saturated heterocycles. The molecule has 1 aliphatic rings. The molecule has 1 aromatic heterocycles. The van der Waals surface area contributed by atoms with Gasteiger partial charge in [-0.25, -0.2) is 9.78 Å². The lowest BCUT2D eigenvalue weighted by Crippen LogP contribution is -2.42. The van der Waals surface area contributed by atoms with Crippen molar-refractivity contribution in [2.75, 3.05) is 6.61 Å². The van der Waals surface area contributed by atoms with E-state index in [2.05, 4.69) is 10.3 Å². The minimum Gasteiger partial charge on any atom is -0.477 e. The van der Waals surface area contributed by atoms with Crippen LogP contribution in [0.15, 0.2) is 42.6 Å². The second-order valence-corrected chi connectivity index (χ2v) is 6.16. The van der Waals surface area contributed by atoms with Gasteiger partial charge in [-0.15, -0.1) is 0 Å². The Morgan fingerprint density at radius 2 is 1.96 bits per heavy atom. The van der Waals surface area contributed by atoms with E-state index in [1.807, 2.05) is 31.2 Å². The standard InChI is InChI=1S/C19H20N2O4/c1-12-4-6-13(7-5-12)17-15(3-2-10-25-17)21-18(22)14-8-9-16(19(23)24)20-11-14/h4-9,11,15,17H,2-3,10H2,1H3,(H,21,22)(H,23,24)/t15-,17+/m1/s1. The Labute approximate surface area is 145 Å². The maximum Gasteiger partial charge on any atom is 0.354 e. The monoisotopic (exact) mass is 340 g/mol. The van der Waals surface area contributed by atoms with Crippen LogP contribution in [0.1, 0.15) is 50.9 Å². The van der Waals surface area contributed by atoms with Gasteiger partial charge < -0.3 is 15.2 Å². The lowest BCUT2D eigenvalue weighted by atomic mass is 9.95. The zero-order chi connectivity index (χ0) is 17.8. The third kappa shape index (κ3) is 4.03. The van der Waals surface area contributed by atoms with E-state index >= 15 is 0 Å². The smallest absolute Gasteiger partial charge is 0.354 e. The number of hydrogen-bond acceptors (Lipinski definition) is 4. The number of pyridine rings is 1. The Morgan fingerprint density at radius 3 is 2.60 bits per heavy atom. The Bertz CT molecular complexity index is 756. The number of hydrogen-bond donors (Lipinski definition) is 2. The Hall–Kier alpha value is -2.73. The molecular weight excluding hydrogens is 320 g/mol. The van der Waals surface area contributed by atoms with Crippen molar-refractivity contribution in [3.05, 3.63) is 65.0 Å². The van der Waals surface area contributed by atoms with Gasteiger partial charge in [-0.3, -0.25) is 4.79 Å². The third-order valence-electron chi connectivity index (χ3n) is 4.29. The molecule has 1 fully saturated rings. The molecule has 0 unspecified atom stereocenters. The van der Waals surface area contributed by atoms with E-state index in [1.165, 1.54) is 23.9 Å². The Kier molecular flexibility index (Phi) is 5.09. The fraction of sp³-hybridized carbons (Fsp3) is 0.316. The fourth-order valence-corrected chi connectivity index (χ4v) is 2.92. The van der Waals surface area contributed by atoms with Crippen LogP contribution in [-0.4, -0.2) is 34.6 Å². The number of ether oxygens (including phenoxy) is 1.